The lowest BCUT2D eigenvalue weighted by atomic mass is 10.3. The zero-order chi connectivity index (χ0) is 12.1. The van der Waals surface area contributed by atoms with Gasteiger partial charge in [0.25, 0.3) is 0 Å². The van der Waals surface area contributed by atoms with Crippen molar-refractivity contribution in [3.8, 4) is 5.75 Å². The highest BCUT2D eigenvalue weighted by Gasteiger charge is 1.99. The van der Waals surface area contributed by atoms with Crippen LogP contribution in [0.3, 0.4) is 0 Å². The third-order valence-electron chi connectivity index (χ3n) is 2.20. The van der Waals surface area contributed by atoms with Gasteiger partial charge in [-0.25, -0.2) is 4.99 Å². The van der Waals surface area contributed by atoms with Gasteiger partial charge in [0.2, 0.25) is 0 Å². The van der Waals surface area contributed by atoms with Crippen LogP contribution in [0.5, 0.6) is 5.75 Å². The van der Waals surface area contributed by atoms with E-state index in [-0.39, 0.29) is 0 Å². The Labute approximate surface area is 105 Å². The molecule has 2 aromatic rings. The first-order chi connectivity index (χ1) is 8.29. The Morgan fingerprint density at radius 1 is 1.24 bits per heavy atom. The van der Waals surface area contributed by atoms with Gasteiger partial charge in [-0.2, -0.15) is 0 Å². The van der Waals surface area contributed by atoms with E-state index < -0.39 is 0 Å². The lowest BCUT2D eigenvalue weighted by molar-refractivity contribution is 0.415. The van der Waals surface area contributed by atoms with Crippen LogP contribution >= 0.6 is 11.6 Å². The molecule has 0 fully saturated rings. The van der Waals surface area contributed by atoms with Crippen LogP contribution in [0.25, 0.3) is 0 Å². The van der Waals surface area contributed by atoms with Gasteiger partial charge in [-0.3, -0.25) is 4.98 Å². The number of methoxy groups -OCH3 is 1. The first-order valence-electron chi connectivity index (χ1n) is 5.08. The molecule has 17 heavy (non-hydrogen) atoms. The normalized spacial score (nSPS) is 11.3. The summed E-state index contributed by atoms with van der Waals surface area (Å²) in [6.45, 7) is 0. The van der Waals surface area contributed by atoms with E-state index in [1.807, 2.05) is 36.4 Å². The molecule has 0 aliphatic rings. The standard InChI is InChI=1S/C13H11ClN2O/c1-17-12-6-4-11(5-7-12)16-13(14)10-3-2-8-15-9-10/h2-9H,1H3. The minimum atomic E-state index is 0.420. The second kappa shape index (κ2) is 5.46. The van der Waals surface area contributed by atoms with Gasteiger partial charge in [-0.1, -0.05) is 11.6 Å². The second-order valence-corrected chi connectivity index (χ2v) is 3.70. The molecular formula is C13H11ClN2O. The van der Waals surface area contributed by atoms with E-state index in [2.05, 4.69) is 9.98 Å². The largest absolute Gasteiger partial charge is 0.497 e. The van der Waals surface area contributed by atoms with E-state index >= 15 is 0 Å². The number of benzene rings is 1. The highest BCUT2D eigenvalue weighted by atomic mass is 35.5. The number of rotatable bonds is 3. The summed E-state index contributed by atoms with van der Waals surface area (Å²) in [4.78, 5) is 8.28. The Morgan fingerprint density at radius 3 is 2.59 bits per heavy atom. The molecule has 0 unspecified atom stereocenters. The molecule has 0 N–H and O–H groups in total. The summed E-state index contributed by atoms with van der Waals surface area (Å²) >= 11 is 6.09. The number of ether oxygens (including phenoxy) is 1. The van der Waals surface area contributed by atoms with Crippen molar-refractivity contribution in [2.45, 2.75) is 0 Å². The number of halogens is 1. The van der Waals surface area contributed by atoms with Crippen molar-refractivity contribution >= 4 is 22.5 Å². The van der Waals surface area contributed by atoms with Gasteiger partial charge in [0, 0.05) is 18.0 Å². The van der Waals surface area contributed by atoms with Crippen molar-refractivity contribution in [1.82, 2.24) is 4.98 Å². The van der Waals surface area contributed by atoms with Crippen LogP contribution in [0.15, 0.2) is 53.8 Å². The van der Waals surface area contributed by atoms with E-state index in [9.17, 15) is 0 Å². The Hall–Kier alpha value is -1.87. The van der Waals surface area contributed by atoms with Crippen LogP contribution in [-0.4, -0.2) is 17.3 Å². The van der Waals surface area contributed by atoms with Crippen molar-refractivity contribution in [2.24, 2.45) is 4.99 Å². The van der Waals surface area contributed by atoms with Crippen LogP contribution in [0.1, 0.15) is 5.56 Å². The SMILES string of the molecule is COc1ccc(N=C(Cl)c2cccnc2)cc1. The minimum Gasteiger partial charge on any atom is -0.497 e. The van der Waals surface area contributed by atoms with Gasteiger partial charge < -0.3 is 4.74 Å². The predicted octanol–water partition coefficient (Wildman–Crippen LogP) is 3.41. The van der Waals surface area contributed by atoms with E-state index in [0.29, 0.717) is 5.17 Å². The topological polar surface area (TPSA) is 34.5 Å². The van der Waals surface area contributed by atoms with Crippen LogP contribution in [0.2, 0.25) is 0 Å². The lowest BCUT2D eigenvalue weighted by Gasteiger charge is -2.00. The molecule has 0 aliphatic heterocycles. The smallest absolute Gasteiger partial charge is 0.138 e. The zero-order valence-electron chi connectivity index (χ0n) is 9.30. The molecule has 2 rings (SSSR count). The number of hydrogen-bond acceptors (Lipinski definition) is 3. The molecule has 0 bridgehead atoms. The van der Waals surface area contributed by atoms with E-state index in [1.54, 1.807) is 19.5 Å². The Balaban J connectivity index is 2.23. The molecule has 0 spiro atoms. The van der Waals surface area contributed by atoms with Crippen LogP contribution in [0, 0.1) is 0 Å². The maximum Gasteiger partial charge on any atom is 0.138 e. The van der Waals surface area contributed by atoms with Gasteiger partial charge in [-0.05, 0) is 36.4 Å². The third kappa shape index (κ3) is 3.04. The summed E-state index contributed by atoms with van der Waals surface area (Å²) in [5, 5.41) is 0.420. The van der Waals surface area contributed by atoms with Crippen molar-refractivity contribution in [2.75, 3.05) is 7.11 Å². The van der Waals surface area contributed by atoms with Gasteiger partial charge in [-0.15, -0.1) is 0 Å². The van der Waals surface area contributed by atoms with E-state index in [0.717, 1.165) is 17.0 Å². The van der Waals surface area contributed by atoms with Gasteiger partial charge >= 0.3 is 0 Å². The average Bonchev–Trinajstić information content (AvgIpc) is 2.40. The highest BCUT2D eigenvalue weighted by Crippen LogP contribution is 2.19. The van der Waals surface area contributed by atoms with Gasteiger partial charge in [0.05, 0.1) is 12.8 Å². The Morgan fingerprint density at radius 2 is 2.00 bits per heavy atom. The molecule has 86 valence electrons. The van der Waals surface area contributed by atoms with E-state index in [1.165, 1.54) is 0 Å². The minimum absolute atomic E-state index is 0.420. The first kappa shape index (κ1) is 11.6. The summed E-state index contributed by atoms with van der Waals surface area (Å²) in [5.74, 6) is 0.793. The first-order valence-corrected chi connectivity index (χ1v) is 5.46. The van der Waals surface area contributed by atoms with Crippen LogP contribution in [-0.2, 0) is 0 Å². The quantitative estimate of drug-likeness (QED) is 0.778. The summed E-state index contributed by atoms with van der Waals surface area (Å²) in [6.07, 6.45) is 3.37. The van der Waals surface area contributed by atoms with Crippen LogP contribution in [0.4, 0.5) is 5.69 Å². The summed E-state index contributed by atoms with van der Waals surface area (Å²) in [5.41, 5.74) is 1.57. The summed E-state index contributed by atoms with van der Waals surface area (Å²) in [7, 11) is 1.63. The highest BCUT2D eigenvalue weighted by molar-refractivity contribution is 6.69. The maximum atomic E-state index is 6.09. The number of pyridine rings is 1. The maximum absolute atomic E-state index is 6.09. The second-order valence-electron chi connectivity index (χ2n) is 3.34. The summed E-state index contributed by atoms with van der Waals surface area (Å²) in [6, 6.07) is 11.1. The Bertz CT molecular complexity index is 509. The summed E-state index contributed by atoms with van der Waals surface area (Å²) < 4.78 is 5.07. The molecule has 4 heteroatoms. The molecule has 0 radical (unpaired) electrons. The number of aliphatic imine (C=N–C) groups is 1. The molecule has 1 heterocycles. The molecule has 0 saturated carbocycles. The van der Waals surface area contributed by atoms with Crippen LogP contribution < -0.4 is 4.74 Å². The zero-order valence-corrected chi connectivity index (χ0v) is 10.1. The van der Waals surface area contributed by atoms with Gasteiger partial charge in [0.15, 0.2) is 0 Å². The Kier molecular flexibility index (Phi) is 3.73. The van der Waals surface area contributed by atoms with Crippen molar-refractivity contribution < 1.29 is 4.74 Å². The molecule has 1 aromatic heterocycles. The fourth-order valence-corrected chi connectivity index (χ4v) is 1.53. The number of aromatic nitrogens is 1. The number of nitrogens with zero attached hydrogens (tertiary/aromatic N) is 2. The molecule has 0 saturated heterocycles. The fraction of sp³-hybridized carbons (Fsp3) is 0.0769. The molecule has 3 nitrogen and oxygen atoms in total. The predicted molar refractivity (Wildman–Crippen MR) is 69.3 cm³/mol. The molecular weight excluding hydrogens is 236 g/mol. The molecule has 1 aromatic carbocycles. The van der Waals surface area contributed by atoms with Crippen molar-refractivity contribution in [3.05, 3.63) is 54.4 Å². The van der Waals surface area contributed by atoms with Crippen molar-refractivity contribution in [3.63, 3.8) is 0 Å². The third-order valence-corrected chi connectivity index (χ3v) is 2.50. The lowest BCUT2D eigenvalue weighted by Crippen LogP contribution is -1.90. The molecule has 0 amide bonds. The fourth-order valence-electron chi connectivity index (χ4n) is 1.32. The number of hydrogen-bond donors (Lipinski definition) is 0. The monoisotopic (exact) mass is 246 g/mol. The average molecular weight is 247 g/mol. The van der Waals surface area contributed by atoms with Crippen molar-refractivity contribution in [1.29, 1.82) is 0 Å². The molecule has 0 aliphatic carbocycles. The van der Waals surface area contributed by atoms with E-state index in [4.69, 9.17) is 16.3 Å². The van der Waals surface area contributed by atoms with Gasteiger partial charge in [0.1, 0.15) is 10.9 Å². The molecule has 0 atom stereocenters.